The number of nitrogens with zero attached hydrogens (tertiary/aromatic N) is 2. The minimum Gasteiger partial charge on any atom is -0.493 e. The zero-order chi connectivity index (χ0) is 22.1. The summed E-state index contributed by atoms with van der Waals surface area (Å²) in [6.45, 7) is 0.419. The Balaban J connectivity index is 1.53. The number of halogens is 1. The van der Waals surface area contributed by atoms with Gasteiger partial charge in [0.1, 0.15) is 5.82 Å². The third-order valence-electron chi connectivity index (χ3n) is 4.07. The van der Waals surface area contributed by atoms with Crippen LogP contribution in [0.15, 0.2) is 57.4 Å². The molecule has 0 spiro atoms. The summed E-state index contributed by atoms with van der Waals surface area (Å²) in [5, 5.41) is 9.31. The smallest absolute Gasteiger partial charge is 0.257 e. The van der Waals surface area contributed by atoms with Crippen LogP contribution in [-0.2, 0) is 11.2 Å². The number of rotatable bonds is 10. The molecule has 3 rings (SSSR count). The molecule has 10 heteroatoms. The van der Waals surface area contributed by atoms with E-state index in [1.807, 2.05) is 36.4 Å². The number of hydrazone groups is 1. The maximum atomic E-state index is 12.1. The van der Waals surface area contributed by atoms with E-state index < -0.39 is 0 Å². The number of aromatic nitrogens is 1. The van der Waals surface area contributed by atoms with E-state index in [1.165, 1.54) is 24.0 Å². The number of carbonyl (C=O) groups excluding carboxylic acids is 1. The van der Waals surface area contributed by atoms with Crippen molar-refractivity contribution in [2.24, 2.45) is 5.10 Å². The molecule has 1 heterocycles. The lowest BCUT2D eigenvalue weighted by molar-refractivity contribution is -0.123. The average Bonchev–Trinajstić information content (AvgIpc) is 3.18. The van der Waals surface area contributed by atoms with Crippen molar-refractivity contribution in [2.45, 2.75) is 6.42 Å². The number of anilines is 2. The van der Waals surface area contributed by atoms with Crippen LogP contribution in [0.3, 0.4) is 0 Å². The van der Waals surface area contributed by atoms with Crippen molar-refractivity contribution >= 4 is 50.3 Å². The van der Waals surface area contributed by atoms with E-state index in [-0.39, 0.29) is 12.5 Å². The standard InChI is InChI=1S/C21H22BrN5O3S/c1-29-17-10-15(11-25-27-21-26-18(23)13-31-21)9-16(22)20(17)30-12-19(28)24-8-7-14-5-3-2-4-6-14/h2-6,9-11,13H,7-8,12,23H2,1H3,(H,24,28)(H,26,27). The molecule has 31 heavy (non-hydrogen) atoms. The van der Waals surface area contributed by atoms with Crippen molar-refractivity contribution in [3.05, 3.63) is 63.4 Å². The van der Waals surface area contributed by atoms with Crippen LogP contribution in [0.4, 0.5) is 10.9 Å². The second kappa shape index (κ2) is 11.3. The van der Waals surface area contributed by atoms with Gasteiger partial charge in [-0.25, -0.2) is 4.98 Å². The lowest BCUT2D eigenvalue weighted by Gasteiger charge is -2.13. The molecule has 0 aliphatic carbocycles. The summed E-state index contributed by atoms with van der Waals surface area (Å²) in [7, 11) is 1.53. The van der Waals surface area contributed by atoms with E-state index in [4.69, 9.17) is 15.2 Å². The van der Waals surface area contributed by atoms with Gasteiger partial charge in [0.05, 0.1) is 17.8 Å². The van der Waals surface area contributed by atoms with E-state index in [1.54, 1.807) is 17.7 Å². The number of nitrogen functional groups attached to an aromatic ring is 1. The molecule has 1 aromatic heterocycles. The van der Waals surface area contributed by atoms with Gasteiger partial charge in [0.25, 0.3) is 5.91 Å². The number of hydrogen-bond acceptors (Lipinski definition) is 8. The Morgan fingerprint density at radius 3 is 2.84 bits per heavy atom. The third kappa shape index (κ3) is 6.97. The maximum Gasteiger partial charge on any atom is 0.257 e. The Hall–Kier alpha value is -3.11. The molecule has 0 saturated carbocycles. The summed E-state index contributed by atoms with van der Waals surface area (Å²) >= 11 is 4.83. The number of benzene rings is 2. The SMILES string of the molecule is COc1cc(C=NNc2nc(N)cs2)cc(Br)c1OCC(=O)NCCc1ccccc1. The van der Waals surface area contributed by atoms with Gasteiger partial charge in [-0.15, -0.1) is 11.3 Å². The van der Waals surface area contributed by atoms with Crippen molar-refractivity contribution in [2.75, 3.05) is 31.4 Å². The quantitative estimate of drug-likeness (QED) is 0.287. The molecular weight excluding hydrogens is 482 g/mol. The molecule has 0 bridgehead atoms. The summed E-state index contributed by atoms with van der Waals surface area (Å²) < 4.78 is 11.7. The van der Waals surface area contributed by atoms with E-state index in [0.29, 0.717) is 33.5 Å². The Morgan fingerprint density at radius 2 is 2.13 bits per heavy atom. The van der Waals surface area contributed by atoms with Gasteiger partial charge in [0.2, 0.25) is 5.13 Å². The highest BCUT2D eigenvalue weighted by Gasteiger charge is 2.13. The van der Waals surface area contributed by atoms with Crippen molar-refractivity contribution in [1.82, 2.24) is 10.3 Å². The molecule has 0 atom stereocenters. The van der Waals surface area contributed by atoms with Crippen LogP contribution in [0.25, 0.3) is 0 Å². The fourth-order valence-corrected chi connectivity index (χ4v) is 3.76. The summed E-state index contributed by atoms with van der Waals surface area (Å²) in [5.74, 6) is 1.16. The second-order valence-electron chi connectivity index (χ2n) is 6.36. The monoisotopic (exact) mass is 503 g/mol. The van der Waals surface area contributed by atoms with Crippen molar-refractivity contribution in [3.8, 4) is 11.5 Å². The number of nitrogens with two attached hydrogens (primary N) is 1. The number of amides is 1. The molecule has 0 radical (unpaired) electrons. The lowest BCUT2D eigenvalue weighted by Crippen LogP contribution is -2.30. The first-order valence-electron chi connectivity index (χ1n) is 9.36. The molecule has 0 saturated heterocycles. The lowest BCUT2D eigenvalue weighted by atomic mass is 10.1. The molecule has 0 aliphatic heterocycles. The predicted molar refractivity (Wildman–Crippen MR) is 127 cm³/mol. The highest BCUT2D eigenvalue weighted by atomic mass is 79.9. The summed E-state index contributed by atoms with van der Waals surface area (Å²) in [4.78, 5) is 16.2. The number of hydrogen-bond donors (Lipinski definition) is 3. The summed E-state index contributed by atoms with van der Waals surface area (Å²) in [6.07, 6.45) is 2.38. The van der Waals surface area contributed by atoms with Gasteiger partial charge in [-0.05, 0) is 45.6 Å². The molecule has 162 valence electrons. The first-order chi connectivity index (χ1) is 15.0. The Kier molecular flexibility index (Phi) is 8.25. The van der Waals surface area contributed by atoms with Crippen LogP contribution in [0.2, 0.25) is 0 Å². The Morgan fingerprint density at radius 1 is 1.32 bits per heavy atom. The van der Waals surface area contributed by atoms with Crippen LogP contribution >= 0.6 is 27.3 Å². The van der Waals surface area contributed by atoms with Gasteiger partial charge in [-0.3, -0.25) is 10.2 Å². The minimum absolute atomic E-state index is 0.121. The first kappa shape index (κ1) is 22.6. The van der Waals surface area contributed by atoms with E-state index >= 15 is 0 Å². The molecule has 2 aromatic carbocycles. The van der Waals surface area contributed by atoms with Gasteiger partial charge in [-0.2, -0.15) is 5.10 Å². The van der Waals surface area contributed by atoms with Gasteiger partial charge >= 0.3 is 0 Å². The summed E-state index contributed by atoms with van der Waals surface area (Å²) in [6, 6.07) is 13.5. The van der Waals surface area contributed by atoms with Crippen molar-refractivity contribution < 1.29 is 14.3 Å². The van der Waals surface area contributed by atoms with Crippen LogP contribution in [-0.4, -0.2) is 37.4 Å². The first-order valence-corrected chi connectivity index (χ1v) is 11.0. The maximum absolute atomic E-state index is 12.1. The fraction of sp³-hybridized carbons (Fsp3) is 0.190. The number of ether oxygens (including phenoxy) is 2. The zero-order valence-corrected chi connectivity index (χ0v) is 19.2. The number of methoxy groups -OCH3 is 1. The molecule has 1 amide bonds. The van der Waals surface area contributed by atoms with Gasteiger partial charge in [0, 0.05) is 11.9 Å². The van der Waals surface area contributed by atoms with Crippen LogP contribution in [0, 0.1) is 0 Å². The van der Waals surface area contributed by atoms with Crippen molar-refractivity contribution in [1.29, 1.82) is 0 Å². The van der Waals surface area contributed by atoms with E-state index in [2.05, 4.69) is 36.8 Å². The van der Waals surface area contributed by atoms with Crippen LogP contribution < -0.4 is 25.9 Å². The van der Waals surface area contributed by atoms with E-state index in [0.717, 1.165) is 12.0 Å². The number of thiazole rings is 1. The molecule has 3 aromatic rings. The summed E-state index contributed by atoms with van der Waals surface area (Å²) in [5.41, 5.74) is 10.3. The molecule has 0 unspecified atom stereocenters. The number of nitrogens with one attached hydrogen (secondary N) is 2. The predicted octanol–water partition coefficient (Wildman–Crippen LogP) is 3.68. The normalized spacial score (nSPS) is 10.8. The zero-order valence-electron chi connectivity index (χ0n) is 16.8. The Bertz CT molecular complexity index is 1040. The van der Waals surface area contributed by atoms with Gasteiger partial charge in [0.15, 0.2) is 18.1 Å². The second-order valence-corrected chi connectivity index (χ2v) is 8.07. The van der Waals surface area contributed by atoms with Gasteiger partial charge in [-0.1, -0.05) is 30.3 Å². The minimum atomic E-state index is -0.206. The van der Waals surface area contributed by atoms with E-state index in [9.17, 15) is 4.79 Å². The van der Waals surface area contributed by atoms with Crippen molar-refractivity contribution in [3.63, 3.8) is 0 Å². The fourth-order valence-electron chi connectivity index (χ4n) is 2.63. The Labute approximate surface area is 192 Å². The third-order valence-corrected chi connectivity index (χ3v) is 5.43. The molecule has 8 nitrogen and oxygen atoms in total. The van der Waals surface area contributed by atoms with Crippen LogP contribution in [0.5, 0.6) is 11.5 Å². The molecule has 4 N–H and O–H groups in total. The average molecular weight is 504 g/mol. The highest BCUT2D eigenvalue weighted by Crippen LogP contribution is 2.36. The molecular formula is C21H22BrN5O3S. The topological polar surface area (TPSA) is 111 Å². The van der Waals surface area contributed by atoms with Crippen LogP contribution in [0.1, 0.15) is 11.1 Å². The highest BCUT2D eigenvalue weighted by molar-refractivity contribution is 9.10. The largest absolute Gasteiger partial charge is 0.493 e. The molecule has 0 fully saturated rings. The molecule has 0 aliphatic rings. The van der Waals surface area contributed by atoms with Gasteiger partial charge < -0.3 is 20.5 Å². The number of carbonyl (C=O) groups is 1.